The van der Waals surface area contributed by atoms with Crippen LogP contribution in [0, 0.1) is 6.92 Å². The van der Waals surface area contributed by atoms with Gasteiger partial charge in [-0.3, -0.25) is 0 Å². The first-order chi connectivity index (χ1) is 6.19. The summed E-state index contributed by atoms with van der Waals surface area (Å²) >= 11 is 5.71. The van der Waals surface area contributed by atoms with E-state index < -0.39 is 0 Å². The topological polar surface area (TPSA) is 16.1 Å². The molecule has 1 rings (SSSR count). The molecule has 1 aromatic rings. The Morgan fingerprint density at radius 2 is 2.23 bits per heavy atom. The maximum Gasteiger partial charge on any atom is 0.131 e. The Bertz CT molecular complexity index is 286. The molecule has 0 aliphatic heterocycles. The van der Waals surface area contributed by atoms with E-state index in [2.05, 4.69) is 29.8 Å². The third kappa shape index (κ3) is 2.34. The minimum atomic E-state index is 0.532. The van der Waals surface area contributed by atoms with Crippen LogP contribution in [0.1, 0.15) is 18.1 Å². The van der Waals surface area contributed by atoms with E-state index in [1.165, 1.54) is 5.56 Å². The Balaban J connectivity index is 2.98. The number of halogens is 1. The second-order valence-corrected chi connectivity index (χ2v) is 3.40. The summed E-state index contributed by atoms with van der Waals surface area (Å²) in [5.74, 6) is 1.57. The van der Waals surface area contributed by atoms with Crippen LogP contribution in [0.5, 0.6) is 0 Å². The van der Waals surface area contributed by atoms with Crippen molar-refractivity contribution in [2.24, 2.45) is 0 Å². The molecule has 0 unspecified atom stereocenters. The minimum absolute atomic E-state index is 0.532. The second-order valence-electron chi connectivity index (χ2n) is 3.13. The van der Waals surface area contributed by atoms with Crippen LogP contribution in [0.2, 0.25) is 0 Å². The molecule has 0 aliphatic rings. The first-order valence-electron chi connectivity index (χ1n) is 4.41. The smallest absolute Gasteiger partial charge is 0.131 e. The van der Waals surface area contributed by atoms with Gasteiger partial charge >= 0.3 is 0 Å². The maximum atomic E-state index is 5.71. The van der Waals surface area contributed by atoms with E-state index in [-0.39, 0.29) is 0 Å². The molecule has 0 amide bonds. The molecule has 0 aliphatic carbocycles. The highest BCUT2D eigenvalue weighted by molar-refractivity contribution is 6.17. The predicted octanol–water partition coefficient (Wildman–Crippen LogP) is 2.58. The Hall–Kier alpha value is -0.760. The van der Waals surface area contributed by atoms with E-state index in [0.29, 0.717) is 5.88 Å². The molecule has 0 fully saturated rings. The standard InChI is InChI=1S/C10H15ClN2/c1-4-13(3)10-8(2)5-9(6-11)7-12-10/h5,7H,4,6H2,1-3H3. The molecule has 0 saturated heterocycles. The number of nitrogens with zero attached hydrogens (tertiary/aromatic N) is 2. The fraction of sp³-hybridized carbons (Fsp3) is 0.500. The van der Waals surface area contributed by atoms with Gasteiger partial charge in [0.1, 0.15) is 5.82 Å². The molecule has 1 aromatic heterocycles. The molecule has 0 N–H and O–H groups in total. The lowest BCUT2D eigenvalue weighted by Gasteiger charge is -2.17. The van der Waals surface area contributed by atoms with E-state index in [9.17, 15) is 0 Å². The SMILES string of the molecule is CCN(C)c1ncc(CCl)cc1C. The molecule has 0 saturated carbocycles. The van der Waals surface area contributed by atoms with Crippen molar-refractivity contribution in [1.29, 1.82) is 0 Å². The van der Waals surface area contributed by atoms with Crippen LogP contribution < -0.4 is 4.90 Å². The van der Waals surface area contributed by atoms with Gasteiger partial charge in [0, 0.05) is 25.7 Å². The highest BCUT2D eigenvalue weighted by Crippen LogP contribution is 2.16. The lowest BCUT2D eigenvalue weighted by atomic mass is 10.2. The van der Waals surface area contributed by atoms with E-state index >= 15 is 0 Å². The van der Waals surface area contributed by atoms with E-state index in [4.69, 9.17) is 11.6 Å². The fourth-order valence-electron chi connectivity index (χ4n) is 1.25. The molecule has 3 heteroatoms. The highest BCUT2D eigenvalue weighted by atomic mass is 35.5. The molecular weight excluding hydrogens is 184 g/mol. The Morgan fingerprint density at radius 3 is 2.69 bits per heavy atom. The quantitative estimate of drug-likeness (QED) is 0.695. The summed E-state index contributed by atoms with van der Waals surface area (Å²) in [6, 6.07) is 2.08. The second kappa shape index (κ2) is 4.47. The molecule has 13 heavy (non-hydrogen) atoms. The minimum Gasteiger partial charge on any atom is -0.360 e. The lowest BCUT2D eigenvalue weighted by molar-refractivity contribution is 0.926. The Morgan fingerprint density at radius 1 is 1.54 bits per heavy atom. The van der Waals surface area contributed by atoms with Gasteiger partial charge in [-0.15, -0.1) is 11.6 Å². The van der Waals surface area contributed by atoms with Gasteiger partial charge in [-0.2, -0.15) is 0 Å². The summed E-state index contributed by atoms with van der Waals surface area (Å²) in [5, 5.41) is 0. The highest BCUT2D eigenvalue weighted by Gasteiger charge is 2.04. The van der Waals surface area contributed by atoms with Gasteiger partial charge in [0.05, 0.1) is 0 Å². The van der Waals surface area contributed by atoms with Crippen LogP contribution in [0.3, 0.4) is 0 Å². The van der Waals surface area contributed by atoms with E-state index in [0.717, 1.165) is 17.9 Å². The number of aryl methyl sites for hydroxylation is 1. The van der Waals surface area contributed by atoms with Crippen LogP contribution in [0.25, 0.3) is 0 Å². The van der Waals surface area contributed by atoms with Gasteiger partial charge in [-0.1, -0.05) is 0 Å². The number of rotatable bonds is 3. The number of anilines is 1. The molecule has 0 radical (unpaired) electrons. The van der Waals surface area contributed by atoms with Crippen molar-refractivity contribution >= 4 is 17.4 Å². The largest absolute Gasteiger partial charge is 0.360 e. The number of pyridine rings is 1. The Labute approximate surface area is 84.5 Å². The van der Waals surface area contributed by atoms with E-state index in [1.807, 2.05) is 13.2 Å². The number of alkyl halides is 1. The Kier molecular flexibility index (Phi) is 3.55. The summed E-state index contributed by atoms with van der Waals surface area (Å²) in [5.41, 5.74) is 2.26. The van der Waals surface area contributed by atoms with Crippen molar-refractivity contribution in [3.8, 4) is 0 Å². The molecule has 0 atom stereocenters. The van der Waals surface area contributed by atoms with Crippen LogP contribution >= 0.6 is 11.6 Å². The van der Waals surface area contributed by atoms with Gasteiger partial charge in [0.25, 0.3) is 0 Å². The third-order valence-electron chi connectivity index (χ3n) is 2.10. The van der Waals surface area contributed by atoms with Crippen LogP contribution in [0.4, 0.5) is 5.82 Å². The molecule has 0 aromatic carbocycles. The summed E-state index contributed by atoms with van der Waals surface area (Å²) in [6.45, 7) is 5.13. The number of hydrogen-bond acceptors (Lipinski definition) is 2. The lowest BCUT2D eigenvalue weighted by Crippen LogP contribution is -2.18. The molecule has 2 nitrogen and oxygen atoms in total. The van der Waals surface area contributed by atoms with Crippen molar-refractivity contribution in [1.82, 2.24) is 4.98 Å². The van der Waals surface area contributed by atoms with Crippen molar-refractivity contribution in [2.45, 2.75) is 19.7 Å². The van der Waals surface area contributed by atoms with Gasteiger partial charge < -0.3 is 4.90 Å². The molecule has 1 heterocycles. The molecule has 72 valence electrons. The van der Waals surface area contributed by atoms with Crippen LogP contribution in [-0.2, 0) is 5.88 Å². The molecule has 0 spiro atoms. The number of aromatic nitrogens is 1. The molecular formula is C10H15ClN2. The predicted molar refractivity (Wildman–Crippen MR) is 57.5 cm³/mol. The van der Waals surface area contributed by atoms with Gasteiger partial charge in [-0.05, 0) is 31.0 Å². The van der Waals surface area contributed by atoms with Gasteiger partial charge in [-0.25, -0.2) is 4.98 Å². The van der Waals surface area contributed by atoms with Crippen LogP contribution in [-0.4, -0.2) is 18.6 Å². The summed E-state index contributed by atoms with van der Waals surface area (Å²) in [4.78, 5) is 6.48. The van der Waals surface area contributed by atoms with Crippen LogP contribution in [0.15, 0.2) is 12.3 Å². The van der Waals surface area contributed by atoms with Crippen molar-refractivity contribution in [2.75, 3.05) is 18.5 Å². The van der Waals surface area contributed by atoms with Crippen molar-refractivity contribution in [3.05, 3.63) is 23.4 Å². The van der Waals surface area contributed by atoms with E-state index in [1.54, 1.807) is 0 Å². The third-order valence-corrected chi connectivity index (χ3v) is 2.41. The first kappa shape index (κ1) is 10.3. The molecule has 0 bridgehead atoms. The van der Waals surface area contributed by atoms with Gasteiger partial charge in [0.2, 0.25) is 0 Å². The van der Waals surface area contributed by atoms with Gasteiger partial charge in [0.15, 0.2) is 0 Å². The maximum absolute atomic E-state index is 5.71. The summed E-state index contributed by atoms with van der Waals surface area (Å²) in [6.07, 6.45) is 1.83. The normalized spacial score (nSPS) is 10.2. The zero-order valence-electron chi connectivity index (χ0n) is 8.34. The first-order valence-corrected chi connectivity index (χ1v) is 4.95. The summed E-state index contributed by atoms with van der Waals surface area (Å²) < 4.78 is 0. The number of hydrogen-bond donors (Lipinski definition) is 0. The monoisotopic (exact) mass is 198 g/mol. The average Bonchev–Trinajstić information content (AvgIpc) is 2.16. The fourth-order valence-corrected chi connectivity index (χ4v) is 1.39. The zero-order chi connectivity index (χ0) is 9.84. The zero-order valence-corrected chi connectivity index (χ0v) is 9.10. The summed E-state index contributed by atoms with van der Waals surface area (Å²) in [7, 11) is 2.04. The van der Waals surface area contributed by atoms with Crippen molar-refractivity contribution in [3.63, 3.8) is 0 Å². The van der Waals surface area contributed by atoms with Crippen molar-refractivity contribution < 1.29 is 0 Å². The average molecular weight is 199 g/mol.